The fourth-order valence-electron chi connectivity index (χ4n) is 2.22. The summed E-state index contributed by atoms with van der Waals surface area (Å²) < 4.78 is 0. The highest BCUT2D eigenvalue weighted by atomic mass is 16.4. The second kappa shape index (κ2) is 3.15. The molecule has 2 N–H and O–H groups in total. The normalized spacial score (nSPS) is 25.9. The Morgan fingerprint density at radius 1 is 1.43 bits per heavy atom. The molecule has 0 saturated heterocycles. The lowest BCUT2D eigenvalue weighted by Gasteiger charge is -2.23. The summed E-state index contributed by atoms with van der Waals surface area (Å²) in [6, 6.07) is 1.79. The number of hydrogen-bond acceptors (Lipinski definition) is 1. The maximum atomic E-state index is 10.8. The van der Waals surface area contributed by atoms with E-state index in [9.17, 15) is 4.79 Å². The van der Waals surface area contributed by atoms with Crippen molar-refractivity contribution in [3.63, 3.8) is 0 Å². The average molecular weight is 193 g/mol. The van der Waals surface area contributed by atoms with Crippen LogP contribution in [0.5, 0.6) is 0 Å². The van der Waals surface area contributed by atoms with E-state index in [1.54, 1.807) is 6.07 Å². The number of carboxylic acids is 1. The molecule has 0 unspecified atom stereocenters. The van der Waals surface area contributed by atoms with E-state index in [2.05, 4.69) is 18.8 Å². The number of aromatic amines is 1. The molecule has 0 aliphatic heterocycles. The summed E-state index contributed by atoms with van der Waals surface area (Å²) in [5, 5.41) is 8.88. The highest BCUT2D eigenvalue weighted by Crippen LogP contribution is 2.38. The second-order valence-electron chi connectivity index (χ2n) is 4.24. The van der Waals surface area contributed by atoms with Crippen LogP contribution in [0.3, 0.4) is 0 Å². The van der Waals surface area contributed by atoms with Gasteiger partial charge < -0.3 is 10.1 Å². The first-order valence-electron chi connectivity index (χ1n) is 5.05. The molecule has 0 amide bonds. The zero-order valence-electron chi connectivity index (χ0n) is 8.50. The van der Waals surface area contributed by atoms with Crippen LogP contribution in [-0.2, 0) is 0 Å². The van der Waals surface area contributed by atoms with Gasteiger partial charge in [0.15, 0.2) is 0 Å². The Morgan fingerprint density at radius 2 is 2.07 bits per heavy atom. The van der Waals surface area contributed by atoms with Gasteiger partial charge in [0, 0.05) is 5.69 Å². The Labute approximate surface area is 83.1 Å². The minimum absolute atomic E-state index is 0.329. The summed E-state index contributed by atoms with van der Waals surface area (Å²) in [4.78, 5) is 13.8. The Kier molecular flexibility index (Phi) is 2.10. The molecule has 0 aromatic carbocycles. The van der Waals surface area contributed by atoms with Gasteiger partial charge >= 0.3 is 5.97 Å². The molecular weight excluding hydrogens is 178 g/mol. The first-order valence-corrected chi connectivity index (χ1v) is 5.05. The molecule has 14 heavy (non-hydrogen) atoms. The molecule has 0 radical (unpaired) electrons. The summed E-state index contributed by atoms with van der Waals surface area (Å²) in [7, 11) is 0. The van der Waals surface area contributed by atoms with Crippen LogP contribution in [0.2, 0.25) is 0 Å². The first-order chi connectivity index (χ1) is 6.59. The van der Waals surface area contributed by atoms with Gasteiger partial charge in [0.05, 0.1) is 0 Å². The van der Waals surface area contributed by atoms with Crippen molar-refractivity contribution in [1.29, 1.82) is 0 Å². The number of aromatic carboxylic acids is 1. The summed E-state index contributed by atoms with van der Waals surface area (Å²) in [6.45, 7) is 4.30. The minimum Gasteiger partial charge on any atom is -0.477 e. The molecule has 0 bridgehead atoms. The topological polar surface area (TPSA) is 53.1 Å². The van der Waals surface area contributed by atoms with E-state index in [0.717, 1.165) is 18.5 Å². The smallest absolute Gasteiger partial charge is 0.352 e. The molecule has 3 heteroatoms. The van der Waals surface area contributed by atoms with Crippen molar-refractivity contribution in [2.45, 2.75) is 38.5 Å². The molecular formula is C11H15NO2. The maximum absolute atomic E-state index is 10.8. The molecule has 2 rings (SSSR count). The molecule has 1 aliphatic rings. The lowest BCUT2D eigenvalue weighted by atomic mass is 9.82. The van der Waals surface area contributed by atoms with E-state index >= 15 is 0 Å². The SMILES string of the molecule is C[C@@H]1CC[C@H](C)c2[nH]c(C(=O)O)cc21. The largest absolute Gasteiger partial charge is 0.477 e. The molecule has 1 heterocycles. The highest BCUT2D eigenvalue weighted by Gasteiger charge is 2.25. The monoisotopic (exact) mass is 193 g/mol. The zero-order valence-corrected chi connectivity index (χ0v) is 8.50. The minimum atomic E-state index is -0.862. The summed E-state index contributed by atoms with van der Waals surface area (Å²) in [6.07, 6.45) is 2.30. The van der Waals surface area contributed by atoms with Gasteiger partial charge in [0.25, 0.3) is 0 Å². The van der Waals surface area contributed by atoms with Crippen LogP contribution >= 0.6 is 0 Å². The van der Waals surface area contributed by atoms with E-state index in [0.29, 0.717) is 17.5 Å². The van der Waals surface area contributed by atoms with Gasteiger partial charge in [-0.2, -0.15) is 0 Å². The standard InChI is InChI=1S/C11H15NO2/c1-6-3-4-7(2)10-8(6)5-9(12-10)11(13)14/h5-7,12H,3-4H2,1-2H3,(H,13,14)/t6-,7+/m1/s1. The molecule has 1 aliphatic carbocycles. The fraction of sp³-hybridized carbons (Fsp3) is 0.545. The van der Waals surface area contributed by atoms with Crippen LogP contribution in [0.4, 0.5) is 0 Å². The average Bonchev–Trinajstić information content (AvgIpc) is 2.57. The number of nitrogens with one attached hydrogen (secondary N) is 1. The fourth-order valence-corrected chi connectivity index (χ4v) is 2.22. The predicted octanol–water partition coefficient (Wildman–Crippen LogP) is 2.71. The van der Waals surface area contributed by atoms with Gasteiger partial charge in [0.1, 0.15) is 5.69 Å². The Bertz CT molecular complexity index is 340. The lowest BCUT2D eigenvalue weighted by Crippen LogP contribution is -2.09. The summed E-state index contributed by atoms with van der Waals surface area (Å²) >= 11 is 0. The third-order valence-electron chi connectivity index (χ3n) is 3.17. The summed E-state index contributed by atoms with van der Waals surface area (Å²) in [5.41, 5.74) is 2.65. The number of hydrogen-bond donors (Lipinski definition) is 2. The molecule has 76 valence electrons. The van der Waals surface area contributed by atoms with Gasteiger partial charge in [-0.05, 0) is 36.3 Å². The first kappa shape index (κ1) is 9.31. The van der Waals surface area contributed by atoms with E-state index in [1.165, 1.54) is 5.56 Å². The van der Waals surface area contributed by atoms with Gasteiger partial charge in [-0.15, -0.1) is 0 Å². The Hall–Kier alpha value is -1.25. The Balaban J connectivity index is 2.46. The number of fused-ring (bicyclic) bond motifs is 1. The third kappa shape index (κ3) is 1.33. The predicted molar refractivity (Wildman–Crippen MR) is 53.8 cm³/mol. The lowest BCUT2D eigenvalue weighted by molar-refractivity contribution is 0.0691. The van der Waals surface area contributed by atoms with E-state index in [1.807, 2.05) is 0 Å². The molecule has 1 aromatic rings. The van der Waals surface area contributed by atoms with Crippen molar-refractivity contribution in [2.24, 2.45) is 0 Å². The molecule has 2 atom stereocenters. The van der Waals surface area contributed by atoms with E-state index < -0.39 is 5.97 Å². The van der Waals surface area contributed by atoms with Gasteiger partial charge in [-0.1, -0.05) is 13.8 Å². The van der Waals surface area contributed by atoms with Crippen molar-refractivity contribution >= 4 is 5.97 Å². The molecule has 0 spiro atoms. The summed E-state index contributed by atoms with van der Waals surface area (Å²) in [5.74, 6) is 0.0960. The number of rotatable bonds is 1. The number of H-pyrrole nitrogens is 1. The highest BCUT2D eigenvalue weighted by molar-refractivity contribution is 5.86. The van der Waals surface area contributed by atoms with Crippen molar-refractivity contribution < 1.29 is 9.90 Å². The van der Waals surface area contributed by atoms with Crippen LogP contribution in [0.15, 0.2) is 6.07 Å². The van der Waals surface area contributed by atoms with Crippen molar-refractivity contribution in [2.75, 3.05) is 0 Å². The van der Waals surface area contributed by atoms with Gasteiger partial charge in [-0.25, -0.2) is 4.79 Å². The number of aromatic nitrogens is 1. The molecule has 1 aromatic heterocycles. The Morgan fingerprint density at radius 3 is 2.64 bits per heavy atom. The quantitative estimate of drug-likeness (QED) is 0.720. The van der Waals surface area contributed by atoms with Crippen LogP contribution in [0.1, 0.15) is 60.3 Å². The molecule has 0 fully saturated rings. The van der Waals surface area contributed by atoms with Crippen LogP contribution in [0, 0.1) is 0 Å². The second-order valence-corrected chi connectivity index (χ2v) is 4.24. The van der Waals surface area contributed by atoms with E-state index in [-0.39, 0.29) is 0 Å². The maximum Gasteiger partial charge on any atom is 0.352 e. The van der Waals surface area contributed by atoms with Gasteiger partial charge in [0.2, 0.25) is 0 Å². The van der Waals surface area contributed by atoms with Crippen LogP contribution in [0.25, 0.3) is 0 Å². The number of carboxylic acid groups (broad SMARTS) is 1. The third-order valence-corrected chi connectivity index (χ3v) is 3.17. The van der Waals surface area contributed by atoms with Crippen molar-refractivity contribution in [3.8, 4) is 0 Å². The van der Waals surface area contributed by atoms with E-state index in [4.69, 9.17) is 5.11 Å². The van der Waals surface area contributed by atoms with Crippen LogP contribution < -0.4 is 0 Å². The van der Waals surface area contributed by atoms with Crippen LogP contribution in [-0.4, -0.2) is 16.1 Å². The molecule has 3 nitrogen and oxygen atoms in total. The zero-order chi connectivity index (χ0) is 10.3. The van der Waals surface area contributed by atoms with Gasteiger partial charge in [-0.3, -0.25) is 0 Å². The van der Waals surface area contributed by atoms with Crippen molar-refractivity contribution in [3.05, 3.63) is 23.0 Å². The van der Waals surface area contributed by atoms with Crippen molar-refractivity contribution in [1.82, 2.24) is 4.98 Å². The number of carbonyl (C=O) groups is 1. The molecule has 0 saturated carbocycles.